The molecule has 0 saturated carbocycles. The topological polar surface area (TPSA) is 76.0 Å². The van der Waals surface area contributed by atoms with Crippen LogP contribution in [0.1, 0.15) is 5.56 Å². The first-order valence-electron chi connectivity index (χ1n) is 8.54. The zero-order valence-electron chi connectivity index (χ0n) is 15.1. The lowest BCUT2D eigenvalue weighted by molar-refractivity contribution is -0.136. The van der Waals surface area contributed by atoms with Crippen molar-refractivity contribution < 1.29 is 18.4 Å². The predicted octanol–water partition coefficient (Wildman–Crippen LogP) is 2.66. The summed E-state index contributed by atoms with van der Waals surface area (Å²) in [5, 5.41) is 8.64. The summed E-state index contributed by atoms with van der Waals surface area (Å²) in [5.74, 6) is -3.52. The van der Waals surface area contributed by atoms with Crippen LogP contribution in [0.4, 0.5) is 14.5 Å². The molecule has 0 aliphatic rings. The third kappa shape index (κ3) is 4.79. The van der Waals surface area contributed by atoms with Crippen molar-refractivity contribution in [3.63, 3.8) is 0 Å². The molecule has 1 heterocycles. The predicted molar refractivity (Wildman–Crippen MR) is 100 cm³/mol. The molecule has 3 rings (SSSR count). The molecule has 0 fully saturated rings. The summed E-state index contributed by atoms with van der Waals surface area (Å²) < 4.78 is 28.3. The van der Waals surface area contributed by atoms with E-state index in [1.807, 2.05) is 37.5 Å². The number of amides is 2. The van der Waals surface area contributed by atoms with Crippen molar-refractivity contribution in [1.82, 2.24) is 15.1 Å². The molecule has 2 aromatic carbocycles. The number of rotatable bonds is 5. The van der Waals surface area contributed by atoms with Crippen molar-refractivity contribution >= 4 is 17.5 Å². The number of nitrogens with one attached hydrogen (secondary N) is 2. The summed E-state index contributed by atoms with van der Waals surface area (Å²) in [7, 11) is 1.85. The first-order chi connectivity index (χ1) is 13.4. The standard InChI is InChI=1S/C20H18F2N4O2/c1-26-12-15(11-24-26)14-4-2-13(3-5-14)8-9-23-19(27)20(28)25-18-10-16(21)6-7-17(18)22/h2-7,10-12H,8-9H2,1H3,(H,23,27)(H,25,28). The van der Waals surface area contributed by atoms with Gasteiger partial charge in [0.15, 0.2) is 0 Å². The van der Waals surface area contributed by atoms with Gasteiger partial charge in [-0.25, -0.2) is 8.78 Å². The van der Waals surface area contributed by atoms with Crippen LogP contribution in [0.15, 0.2) is 54.9 Å². The smallest absolute Gasteiger partial charge is 0.313 e. The minimum absolute atomic E-state index is 0.226. The fourth-order valence-electron chi connectivity index (χ4n) is 2.61. The van der Waals surface area contributed by atoms with Crippen LogP contribution < -0.4 is 10.6 Å². The van der Waals surface area contributed by atoms with E-state index in [9.17, 15) is 18.4 Å². The highest BCUT2D eigenvalue weighted by Crippen LogP contribution is 2.19. The molecule has 0 atom stereocenters. The van der Waals surface area contributed by atoms with Crippen molar-refractivity contribution in [2.24, 2.45) is 7.05 Å². The Morgan fingerprint density at radius 3 is 2.46 bits per heavy atom. The lowest BCUT2D eigenvalue weighted by Crippen LogP contribution is -2.36. The molecule has 144 valence electrons. The van der Waals surface area contributed by atoms with Gasteiger partial charge in [-0.3, -0.25) is 14.3 Å². The number of aromatic nitrogens is 2. The summed E-state index contributed by atoms with van der Waals surface area (Å²) in [5.41, 5.74) is 2.62. The molecule has 0 unspecified atom stereocenters. The zero-order chi connectivity index (χ0) is 20.1. The van der Waals surface area contributed by atoms with Gasteiger partial charge < -0.3 is 10.6 Å². The monoisotopic (exact) mass is 384 g/mol. The van der Waals surface area contributed by atoms with E-state index in [2.05, 4.69) is 15.7 Å². The number of nitrogens with zero attached hydrogens (tertiary/aromatic N) is 2. The molecule has 0 saturated heterocycles. The molecule has 0 radical (unpaired) electrons. The van der Waals surface area contributed by atoms with Gasteiger partial charge in [0.25, 0.3) is 0 Å². The van der Waals surface area contributed by atoms with Crippen LogP contribution in [0.25, 0.3) is 11.1 Å². The fraction of sp³-hybridized carbons (Fsp3) is 0.150. The van der Waals surface area contributed by atoms with E-state index in [0.717, 1.165) is 34.9 Å². The molecule has 3 aromatic rings. The van der Waals surface area contributed by atoms with Crippen LogP contribution in [0.5, 0.6) is 0 Å². The molecule has 2 amide bonds. The fourth-order valence-corrected chi connectivity index (χ4v) is 2.61. The largest absolute Gasteiger partial charge is 0.347 e. The van der Waals surface area contributed by atoms with E-state index in [0.29, 0.717) is 6.42 Å². The number of hydrogen-bond acceptors (Lipinski definition) is 3. The van der Waals surface area contributed by atoms with Crippen molar-refractivity contribution in [3.8, 4) is 11.1 Å². The molecule has 8 heteroatoms. The maximum absolute atomic E-state index is 13.5. The van der Waals surface area contributed by atoms with Crippen molar-refractivity contribution in [2.45, 2.75) is 6.42 Å². The van der Waals surface area contributed by atoms with Gasteiger partial charge in [0.2, 0.25) is 0 Å². The number of aryl methyl sites for hydroxylation is 1. The van der Waals surface area contributed by atoms with Crippen LogP contribution >= 0.6 is 0 Å². The van der Waals surface area contributed by atoms with Gasteiger partial charge in [0, 0.05) is 31.4 Å². The van der Waals surface area contributed by atoms with Crippen molar-refractivity contribution in [2.75, 3.05) is 11.9 Å². The molecule has 0 bridgehead atoms. The molecule has 2 N–H and O–H groups in total. The van der Waals surface area contributed by atoms with Gasteiger partial charge in [0.1, 0.15) is 11.6 Å². The molecule has 0 aliphatic heterocycles. The Bertz CT molecular complexity index is 1000. The Balaban J connectivity index is 1.49. The summed E-state index contributed by atoms with van der Waals surface area (Å²) >= 11 is 0. The van der Waals surface area contributed by atoms with E-state index in [1.165, 1.54) is 0 Å². The number of hydrogen-bond donors (Lipinski definition) is 2. The molecule has 6 nitrogen and oxygen atoms in total. The van der Waals surface area contributed by atoms with Crippen LogP contribution in [0.3, 0.4) is 0 Å². The Labute approximate surface area is 160 Å². The first kappa shape index (κ1) is 19.2. The zero-order valence-corrected chi connectivity index (χ0v) is 15.1. The minimum atomic E-state index is -1.06. The quantitative estimate of drug-likeness (QED) is 0.664. The van der Waals surface area contributed by atoms with E-state index in [1.54, 1.807) is 10.9 Å². The van der Waals surface area contributed by atoms with E-state index >= 15 is 0 Å². The number of benzene rings is 2. The van der Waals surface area contributed by atoms with Crippen LogP contribution in [-0.4, -0.2) is 28.1 Å². The summed E-state index contributed by atoms with van der Waals surface area (Å²) in [6, 6.07) is 10.4. The average molecular weight is 384 g/mol. The van der Waals surface area contributed by atoms with Crippen LogP contribution in [0.2, 0.25) is 0 Å². The minimum Gasteiger partial charge on any atom is -0.347 e. The summed E-state index contributed by atoms with van der Waals surface area (Å²) in [6.45, 7) is 0.226. The normalized spacial score (nSPS) is 10.5. The Morgan fingerprint density at radius 2 is 1.79 bits per heavy atom. The molecule has 0 aliphatic carbocycles. The van der Waals surface area contributed by atoms with E-state index < -0.39 is 23.4 Å². The van der Waals surface area contributed by atoms with Crippen molar-refractivity contribution in [3.05, 3.63) is 72.1 Å². The molecular weight excluding hydrogens is 366 g/mol. The lowest BCUT2D eigenvalue weighted by Gasteiger charge is -2.08. The lowest BCUT2D eigenvalue weighted by atomic mass is 10.1. The van der Waals surface area contributed by atoms with Crippen molar-refractivity contribution in [1.29, 1.82) is 0 Å². The van der Waals surface area contributed by atoms with Gasteiger partial charge >= 0.3 is 11.8 Å². The molecule has 28 heavy (non-hydrogen) atoms. The van der Waals surface area contributed by atoms with E-state index in [4.69, 9.17) is 0 Å². The second-order valence-corrected chi connectivity index (χ2v) is 6.18. The summed E-state index contributed by atoms with van der Waals surface area (Å²) in [4.78, 5) is 23.6. The Kier molecular flexibility index (Phi) is 5.78. The van der Waals surface area contributed by atoms with Gasteiger partial charge in [-0.1, -0.05) is 24.3 Å². The Hall–Kier alpha value is -3.55. The highest BCUT2D eigenvalue weighted by Gasteiger charge is 2.15. The highest BCUT2D eigenvalue weighted by atomic mass is 19.1. The molecule has 1 aromatic heterocycles. The second-order valence-electron chi connectivity index (χ2n) is 6.18. The number of anilines is 1. The number of carbonyl (C=O) groups is 2. The second kappa shape index (κ2) is 8.43. The first-order valence-corrected chi connectivity index (χ1v) is 8.54. The van der Waals surface area contributed by atoms with Gasteiger partial charge in [-0.05, 0) is 29.7 Å². The van der Waals surface area contributed by atoms with Crippen LogP contribution in [-0.2, 0) is 23.1 Å². The average Bonchev–Trinajstić information content (AvgIpc) is 3.11. The van der Waals surface area contributed by atoms with Gasteiger partial charge in [-0.15, -0.1) is 0 Å². The Morgan fingerprint density at radius 1 is 1.04 bits per heavy atom. The third-order valence-corrected chi connectivity index (χ3v) is 4.07. The number of halogens is 2. The maximum Gasteiger partial charge on any atom is 0.313 e. The van der Waals surface area contributed by atoms with Crippen LogP contribution in [0, 0.1) is 11.6 Å². The van der Waals surface area contributed by atoms with Gasteiger partial charge in [0.05, 0.1) is 11.9 Å². The van der Waals surface area contributed by atoms with Gasteiger partial charge in [-0.2, -0.15) is 5.10 Å². The third-order valence-electron chi connectivity index (χ3n) is 4.07. The molecule has 0 spiro atoms. The maximum atomic E-state index is 13.5. The highest BCUT2D eigenvalue weighted by molar-refractivity contribution is 6.39. The number of carbonyl (C=O) groups excluding carboxylic acids is 2. The SMILES string of the molecule is Cn1cc(-c2ccc(CCNC(=O)C(=O)Nc3cc(F)ccc3F)cc2)cn1. The van der Waals surface area contributed by atoms with E-state index in [-0.39, 0.29) is 12.2 Å². The molecular formula is C20H18F2N4O2. The summed E-state index contributed by atoms with van der Waals surface area (Å²) in [6.07, 6.45) is 4.20.